The number of aryl methyl sites for hydroxylation is 1. The van der Waals surface area contributed by atoms with Crippen molar-refractivity contribution in [2.24, 2.45) is 0 Å². The van der Waals surface area contributed by atoms with Gasteiger partial charge in [-0.3, -0.25) is 14.9 Å². The summed E-state index contributed by atoms with van der Waals surface area (Å²) >= 11 is 0. The Morgan fingerprint density at radius 1 is 1.19 bits per heavy atom. The van der Waals surface area contributed by atoms with Gasteiger partial charge in [-0.25, -0.2) is 0 Å². The summed E-state index contributed by atoms with van der Waals surface area (Å²) in [5.41, 5.74) is -0.0406. The van der Waals surface area contributed by atoms with E-state index in [1.165, 1.54) is 24.3 Å². The van der Waals surface area contributed by atoms with Crippen LogP contribution in [0.15, 0.2) is 36.4 Å². The highest BCUT2D eigenvalue weighted by molar-refractivity contribution is 6.08. The zero-order chi connectivity index (χ0) is 15.6. The van der Waals surface area contributed by atoms with Crippen molar-refractivity contribution in [1.82, 2.24) is 0 Å². The summed E-state index contributed by atoms with van der Waals surface area (Å²) in [7, 11) is 0. The molecule has 0 fully saturated rings. The van der Waals surface area contributed by atoms with E-state index in [2.05, 4.69) is 5.32 Å². The van der Waals surface area contributed by atoms with E-state index >= 15 is 0 Å². The minimum atomic E-state index is -0.749. The third-order valence-corrected chi connectivity index (χ3v) is 2.85. The lowest BCUT2D eigenvalue weighted by atomic mass is 10.1. The second-order valence-corrected chi connectivity index (χ2v) is 4.40. The molecule has 2 aromatic carbocycles. The SMILES string of the molecule is Cc1ccc(O)c(C(=O)Nc2c(O)cccc2[N+](=O)[O-])c1. The number of benzene rings is 2. The summed E-state index contributed by atoms with van der Waals surface area (Å²) < 4.78 is 0. The average molecular weight is 288 g/mol. The van der Waals surface area contributed by atoms with Crippen LogP contribution in [-0.2, 0) is 0 Å². The molecule has 0 aromatic heterocycles. The Kier molecular flexibility index (Phi) is 3.75. The quantitative estimate of drug-likeness (QED) is 0.456. The second kappa shape index (κ2) is 5.49. The lowest BCUT2D eigenvalue weighted by Gasteiger charge is -2.09. The van der Waals surface area contributed by atoms with Crippen LogP contribution in [0.5, 0.6) is 11.5 Å². The smallest absolute Gasteiger partial charge is 0.296 e. The highest BCUT2D eigenvalue weighted by Crippen LogP contribution is 2.34. The van der Waals surface area contributed by atoms with Crippen molar-refractivity contribution in [1.29, 1.82) is 0 Å². The maximum Gasteiger partial charge on any atom is 0.296 e. The van der Waals surface area contributed by atoms with Crippen LogP contribution < -0.4 is 5.32 Å². The van der Waals surface area contributed by atoms with Crippen LogP contribution in [0, 0.1) is 17.0 Å². The number of hydrogen-bond acceptors (Lipinski definition) is 5. The molecule has 108 valence electrons. The number of carbonyl (C=O) groups is 1. The van der Waals surface area contributed by atoms with Gasteiger partial charge in [0, 0.05) is 6.07 Å². The van der Waals surface area contributed by atoms with Crippen LogP contribution in [-0.4, -0.2) is 21.0 Å². The molecule has 0 radical (unpaired) electrons. The van der Waals surface area contributed by atoms with Gasteiger partial charge in [-0.15, -0.1) is 0 Å². The van der Waals surface area contributed by atoms with Crippen LogP contribution in [0.25, 0.3) is 0 Å². The van der Waals surface area contributed by atoms with Gasteiger partial charge in [-0.2, -0.15) is 0 Å². The Bertz CT molecular complexity index is 727. The van der Waals surface area contributed by atoms with Gasteiger partial charge in [0.1, 0.15) is 11.5 Å². The molecule has 0 bridgehead atoms. The number of nitrogens with zero attached hydrogens (tertiary/aromatic N) is 1. The molecule has 0 saturated carbocycles. The summed E-state index contributed by atoms with van der Waals surface area (Å²) in [5.74, 6) is -1.43. The summed E-state index contributed by atoms with van der Waals surface area (Å²) in [5, 5.41) is 32.5. The molecule has 0 heterocycles. The Morgan fingerprint density at radius 3 is 2.57 bits per heavy atom. The normalized spacial score (nSPS) is 10.1. The summed E-state index contributed by atoms with van der Waals surface area (Å²) in [6, 6.07) is 8.09. The minimum absolute atomic E-state index is 0.0347. The first-order chi connectivity index (χ1) is 9.90. The number of hydrogen-bond donors (Lipinski definition) is 3. The number of para-hydroxylation sites is 1. The molecule has 0 unspecified atom stereocenters. The van der Waals surface area contributed by atoms with Crippen molar-refractivity contribution < 1.29 is 19.9 Å². The monoisotopic (exact) mass is 288 g/mol. The predicted octanol–water partition coefficient (Wildman–Crippen LogP) is 2.57. The molecule has 0 aliphatic rings. The number of rotatable bonds is 3. The standard InChI is InChI=1S/C14H12N2O5/c1-8-5-6-11(17)9(7-8)14(19)15-13-10(16(20)21)3-2-4-12(13)18/h2-7,17-18H,1H3,(H,15,19). The molecule has 7 heteroatoms. The fraction of sp³-hybridized carbons (Fsp3) is 0.0714. The lowest BCUT2D eigenvalue weighted by molar-refractivity contribution is -0.384. The molecule has 3 N–H and O–H groups in total. The zero-order valence-electron chi connectivity index (χ0n) is 11.0. The van der Waals surface area contributed by atoms with Crippen molar-refractivity contribution in [3.8, 4) is 11.5 Å². The van der Waals surface area contributed by atoms with Crippen molar-refractivity contribution in [2.75, 3.05) is 5.32 Å². The van der Waals surface area contributed by atoms with E-state index in [4.69, 9.17) is 0 Å². The van der Waals surface area contributed by atoms with Crippen LogP contribution in [0.2, 0.25) is 0 Å². The van der Waals surface area contributed by atoms with Gasteiger partial charge in [0.25, 0.3) is 11.6 Å². The number of nitro groups is 1. The molecular weight excluding hydrogens is 276 g/mol. The molecule has 7 nitrogen and oxygen atoms in total. The second-order valence-electron chi connectivity index (χ2n) is 4.40. The van der Waals surface area contributed by atoms with Gasteiger partial charge >= 0.3 is 0 Å². The van der Waals surface area contributed by atoms with Crippen molar-refractivity contribution in [3.63, 3.8) is 0 Å². The van der Waals surface area contributed by atoms with E-state index < -0.39 is 22.3 Å². The average Bonchev–Trinajstić information content (AvgIpc) is 2.43. The first kappa shape index (κ1) is 14.3. The number of phenolic OH excluding ortho intramolecular Hbond substituents is 2. The van der Waals surface area contributed by atoms with E-state index in [9.17, 15) is 25.1 Å². The maximum atomic E-state index is 12.1. The molecule has 0 spiro atoms. The van der Waals surface area contributed by atoms with Gasteiger partial charge in [-0.05, 0) is 25.1 Å². The van der Waals surface area contributed by atoms with Crippen molar-refractivity contribution in [3.05, 3.63) is 57.6 Å². The van der Waals surface area contributed by atoms with E-state index in [1.54, 1.807) is 13.0 Å². The lowest BCUT2D eigenvalue weighted by Crippen LogP contribution is -2.13. The first-order valence-electron chi connectivity index (χ1n) is 5.97. The Hall–Kier alpha value is -3.09. The number of anilines is 1. The molecule has 0 saturated heterocycles. The Morgan fingerprint density at radius 2 is 1.90 bits per heavy atom. The van der Waals surface area contributed by atoms with E-state index in [1.807, 2.05) is 0 Å². The predicted molar refractivity (Wildman–Crippen MR) is 75.6 cm³/mol. The molecule has 0 aliphatic carbocycles. The number of nitrogens with one attached hydrogen (secondary N) is 1. The van der Waals surface area contributed by atoms with Gasteiger partial charge in [-0.1, -0.05) is 17.7 Å². The zero-order valence-corrected chi connectivity index (χ0v) is 11.0. The van der Waals surface area contributed by atoms with Crippen LogP contribution >= 0.6 is 0 Å². The minimum Gasteiger partial charge on any atom is -0.507 e. The summed E-state index contributed by atoms with van der Waals surface area (Å²) in [6.45, 7) is 1.73. The van der Waals surface area contributed by atoms with Gasteiger partial charge in [0.2, 0.25) is 0 Å². The fourth-order valence-electron chi connectivity index (χ4n) is 1.82. The maximum absolute atomic E-state index is 12.1. The third-order valence-electron chi connectivity index (χ3n) is 2.85. The molecule has 2 rings (SSSR count). The van der Waals surface area contributed by atoms with Crippen molar-refractivity contribution in [2.45, 2.75) is 6.92 Å². The van der Waals surface area contributed by atoms with Crippen molar-refractivity contribution >= 4 is 17.3 Å². The van der Waals surface area contributed by atoms with Crippen LogP contribution in [0.3, 0.4) is 0 Å². The largest absolute Gasteiger partial charge is 0.507 e. The molecule has 1 amide bonds. The fourth-order valence-corrected chi connectivity index (χ4v) is 1.82. The summed E-state index contributed by atoms with van der Waals surface area (Å²) in [6.07, 6.45) is 0. The highest BCUT2D eigenvalue weighted by atomic mass is 16.6. The highest BCUT2D eigenvalue weighted by Gasteiger charge is 2.21. The van der Waals surface area contributed by atoms with Crippen LogP contribution in [0.4, 0.5) is 11.4 Å². The molecule has 0 atom stereocenters. The van der Waals surface area contributed by atoms with Gasteiger partial charge in [0.05, 0.1) is 10.5 Å². The van der Waals surface area contributed by atoms with E-state index in [0.29, 0.717) is 0 Å². The third kappa shape index (κ3) is 2.92. The number of carbonyl (C=O) groups excluding carboxylic acids is 1. The van der Waals surface area contributed by atoms with E-state index in [-0.39, 0.29) is 17.0 Å². The topological polar surface area (TPSA) is 113 Å². The van der Waals surface area contributed by atoms with Gasteiger partial charge in [0.15, 0.2) is 5.69 Å². The summed E-state index contributed by atoms with van der Waals surface area (Å²) in [4.78, 5) is 22.3. The number of nitro benzene ring substituents is 1. The molecular formula is C14H12N2O5. The Labute approximate surface area is 119 Å². The molecule has 2 aromatic rings. The molecule has 0 aliphatic heterocycles. The first-order valence-corrected chi connectivity index (χ1v) is 5.97. The van der Waals surface area contributed by atoms with E-state index in [0.717, 1.165) is 11.6 Å². The Balaban J connectivity index is 2.41. The van der Waals surface area contributed by atoms with Crippen LogP contribution in [0.1, 0.15) is 15.9 Å². The molecule has 21 heavy (non-hydrogen) atoms. The number of aromatic hydroxyl groups is 2. The van der Waals surface area contributed by atoms with Gasteiger partial charge < -0.3 is 15.5 Å². The number of phenols is 2. The number of amides is 1.